The smallest absolute Gasteiger partial charge is 0.383 e. The number of para-hydroxylation sites is 1. The standard InChI is InChI=1S/C22H16F4N10/c1-11(15(35-29)9-30-14-5-3-2-4-13(14)23)36-16(6-27)17(18-19(28)33-10-34-20(18)36)12-7-31-21(32-8-12)22(24,25)26/h2-5,7-11,29-30H,1H3,(H2,28,33,34)/b15-9-,35-29?. The molecule has 0 saturated heterocycles. The minimum absolute atomic E-state index is 0.0322. The number of anilines is 2. The molecule has 4 N–H and O–H groups in total. The number of nitriles is 1. The molecule has 1 unspecified atom stereocenters. The van der Waals surface area contributed by atoms with E-state index in [2.05, 4.69) is 30.4 Å². The summed E-state index contributed by atoms with van der Waals surface area (Å²) in [5.41, 5.74) is 14.2. The first kappa shape index (κ1) is 24.2. The van der Waals surface area contributed by atoms with Gasteiger partial charge in [0.1, 0.15) is 41.1 Å². The number of benzene rings is 1. The van der Waals surface area contributed by atoms with Gasteiger partial charge in [-0.05, 0) is 19.1 Å². The van der Waals surface area contributed by atoms with Gasteiger partial charge in [0.2, 0.25) is 5.82 Å². The molecule has 1 atom stereocenters. The van der Waals surface area contributed by atoms with E-state index in [1.165, 1.54) is 29.0 Å². The minimum Gasteiger partial charge on any atom is -0.383 e. The molecule has 0 aliphatic heterocycles. The van der Waals surface area contributed by atoms with Crippen LogP contribution in [-0.4, -0.2) is 24.5 Å². The molecule has 0 fully saturated rings. The number of nitrogen functional groups attached to an aromatic ring is 1. The lowest BCUT2D eigenvalue weighted by Crippen LogP contribution is -2.12. The molecule has 4 rings (SSSR count). The van der Waals surface area contributed by atoms with Gasteiger partial charge in [0.05, 0.1) is 17.1 Å². The summed E-state index contributed by atoms with van der Waals surface area (Å²) in [6.45, 7) is 1.61. The molecule has 0 amide bonds. The fourth-order valence-electron chi connectivity index (χ4n) is 3.64. The van der Waals surface area contributed by atoms with Crippen LogP contribution in [0.3, 0.4) is 0 Å². The SMILES string of the molecule is CC(/C(=C/Nc1ccccc1F)N=N)n1c(C#N)c(-c2cnc(C(F)(F)F)nc2)c2c(N)ncnc21. The first-order chi connectivity index (χ1) is 17.2. The average Bonchev–Trinajstić information content (AvgIpc) is 3.20. The molecule has 0 saturated carbocycles. The summed E-state index contributed by atoms with van der Waals surface area (Å²) in [5, 5.41) is 16.5. The van der Waals surface area contributed by atoms with Crippen LogP contribution in [0.1, 0.15) is 24.5 Å². The Balaban J connectivity index is 1.88. The Bertz CT molecular complexity index is 1520. The summed E-state index contributed by atoms with van der Waals surface area (Å²) in [6.07, 6.45) is -0.430. The predicted octanol–water partition coefficient (Wildman–Crippen LogP) is 5.05. The maximum Gasteiger partial charge on any atom is 0.451 e. The van der Waals surface area contributed by atoms with Crippen molar-refractivity contribution in [3.05, 3.63) is 72.2 Å². The Hall–Kier alpha value is -4.93. The van der Waals surface area contributed by atoms with Crippen molar-refractivity contribution in [3.63, 3.8) is 0 Å². The fourth-order valence-corrected chi connectivity index (χ4v) is 3.64. The Labute approximate surface area is 200 Å². The Kier molecular flexibility index (Phi) is 6.30. The number of nitrogens with zero attached hydrogens (tertiary/aromatic N) is 7. The van der Waals surface area contributed by atoms with Crippen LogP contribution < -0.4 is 11.1 Å². The summed E-state index contributed by atoms with van der Waals surface area (Å²) >= 11 is 0. The van der Waals surface area contributed by atoms with Crippen LogP contribution in [0, 0.1) is 22.7 Å². The molecule has 1 aromatic carbocycles. The Morgan fingerprint density at radius 3 is 2.53 bits per heavy atom. The van der Waals surface area contributed by atoms with Crippen LogP contribution in [0.15, 0.2) is 60.0 Å². The number of hydrogen-bond acceptors (Lipinski definition) is 9. The topological polar surface area (TPSA) is 155 Å². The lowest BCUT2D eigenvalue weighted by Gasteiger charge is -2.16. The van der Waals surface area contributed by atoms with Crippen molar-refractivity contribution in [2.24, 2.45) is 5.11 Å². The molecule has 3 heterocycles. The number of aromatic nitrogens is 5. The largest absolute Gasteiger partial charge is 0.451 e. The number of nitrogens with one attached hydrogen (secondary N) is 2. The number of fused-ring (bicyclic) bond motifs is 1. The van der Waals surface area contributed by atoms with Gasteiger partial charge in [-0.25, -0.2) is 29.9 Å². The van der Waals surface area contributed by atoms with Crippen molar-refractivity contribution < 1.29 is 17.6 Å². The third-order valence-electron chi connectivity index (χ3n) is 5.31. The second-order valence-corrected chi connectivity index (χ2v) is 7.44. The summed E-state index contributed by atoms with van der Waals surface area (Å²) in [4.78, 5) is 14.9. The molecule has 0 aliphatic carbocycles. The van der Waals surface area contributed by atoms with Crippen LogP contribution in [0.2, 0.25) is 0 Å². The number of nitrogens with two attached hydrogens (primary N) is 1. The number of rotatable bonds is 6. The molecular weight excluding hydrogens is 480 g/mol. The third-order valence-corrected chi connectivity index (χ3v) is 5.31. The van der Waals surface area contributed by atoms with Gasteiger partial charge in [-0.2, -0.15) is 23.5 Å². The second kappa shape index (κ2) is 9.37. The molecule has 182 valence electrons. The Morgan fingerprint density at radius 1 is 1.22 bits per heavy atom. The highest BCUT2D eigenvalue weighted by atomic mass is 19.4. The highest BCUT2D eigenvalue weighted by Crippen LogP contribution is 2.39. The van der Waals surface area contributed by atoms with Crippen LogP contribution in [0.25, 0.3) is 22.2 Å². The molecule has 0 aliphatic rings. The maximum absolute atomic E-state index is 14.0. The molecule has 4 aromatic rings. The van der Waals surface area contributed by atoms with Crippen LogP contribution in [0.4, 0.5) is 29.1 Å². The highest BCUT2D eigenvalue weighted by molar-refractivity contribution is 6.03. The molecule has 0 spiro atoms. The van der Waals surface area contributed by atoms with Crippen molar-refractivity contribution in [1.82, 2.24) is 24.5 Å². The van der Waals surface area contributed by atoms with Crippen molar-refractivity contribution in [2.45, 2.75) is 19.1 Å². The van der Waals surface area contributed by atoms with Crippen LogP contribution in [-0.2, 0) is 6.18 Å². The third kappa shape index (κ3) is 4.29. The van der Waals surface area contributed by atoms with Crippen molar-refractivity contribution >= 4 is 22.5 Å². The zero-order valence-electron chi connectivity index (χ0n) is 18.4. The predicted molar refractivity (Wildman–Crippen MR) is 121 cm³/mol. The molecule has 14 heteroatoms. The first-order valence-electron chi connectivity index (χ1n) is 10.2. The van der Waals surface area contributed by atoms with Crippen molar-refractivity contribution in [1.29, 1.82) is 10.8 Å². The molecule has 36 heavy (non-hydrogen) atoms. The van der Waals surface area contributed by atoms with Crippen LogP contribution in [0.5, 0.6) is 0 Å². The molecule has 3 aromatic heterocycles. The zero-order chi connectivity index (χ0) is 26.0. The van der Waals surface area contributed by atoms with Gasteiger partial charge in [-0.3, -0.25) is 0 Å². The van der Waals surface area contributed by atoms with Gasteiger partial charge in [-0.15, -0.1) is 0 Å². The second-order valence-electron chi connectivity index (χ2n) is 7.44. The number of hydrogen-bond donors (Lipinski definition) is 3. The van der Waals surface area contributed by atoms with Crippen molar-refractivity contribution in [3.8, 4) is 17.2 Å². The first-order valence-corrected chi connectivity index (χ1v) is 10.2. The van der Waals surface area contributed by atoms with E-state index in [1.807, 2.05) is 6.07 Å². The van der Waals surface area contributed by atoms with E-state index in [1.54, 1.807) is 13.0 Å². The van der Waals surface area contributed by atoms with Gasteiger partial charge in [0.25, 0.3) is 0 Å². The molecule has 0 bridgehead atoms. The van der Waals surface area contributed by atoms with Gasteiger partial charge >= 0.3 is 6.18 Å². The van der Waals surface area contributed by atoms with E-state index in [0.717, 1.165) is 18.7 Å². The number of halogens is 4. The van der Waals surface area contributed by atoms with E-state index in [-0.39, 0.29) is 45.1 Å². The quantitative estimate of drug-likeness (QED) is 0.249. The van der Waals surface area contributed by atoms with Gasteiger partial charge in [-0.1, -0.05) is 12.1 Å². The minimum atomic E-state index is -4.75. The lowest BCUT2D eigenvalue weighted by atomic mass is 10.1. The van der Waals surface area contributed by atoms with E-state index < -0.39 is 23.9 Å². The summed E-state index contributed by atoms with van der Waals surface area (Å²) < 4.78 is 54.3. The molecule has 10 nitrogen and oxygen atoms in total. The maximum atomic E-state index is 14.0. The summed E-state index contributed by atoms with van der Waals surface area (Å²) in [6, 6.07) is 7.07. The summed E-state index contributed by atoms with van der Waals surface area (Å²) in [7, 11) is 0. The van der Waals surface area contributed by atoms with Gasteiger partial charge in [0, 0.05) is 29.7 Å². The van der Waals surface area contributed by atoms with E-state index in [0.29, 0.717) is 0 Å². The van der Waals surface area contributed by atoms with E-state index in [9.17, 15) is 22.8 Å². The average molecular weight is 496 g/mol. The number of allylic oxidation sites excluding steroid dienone is 1. The summed E-state index contributed by atoms with van der Waals surface area (Å²) in [5.74, 6) is -1.90. The fraction of sp³-hybridized carbons (Fsp3) is 0.136. The van der Waals surface area contributed by atoms with Gasteiger partial charge < -0.3 is 15.6 Å². The zero-order valence-corrected chi connectivity index (χ0v) is 18.4. The Morgan fingerprint density at radius 2 is 1.92 bits per heavy atom. The van der Waals surface area contributed by atoms with Crippen LogP contribution >= 0.6 is 0 Å². The van der Waals surface area contributed by atoms with Gasteiger partial charge in [0.15, 0.2) is 0 Å². The lowest BCUT2D eigenvalue weighted by molar-refractivity contribution is -0.144. The molecular formula is C22H16F4N10. The van der Waals surface area contributed by atoms with E-state index in [4.69, 9.17) is 11.3 Å². The number of alkyl halides is 3. The normalized spacial score (nSPS) is 12.8. The van der Waals surface area contributed by atoms with E-state index >= 15 is 0 Å². The highest BCUT2D eigenvalue weighted by Gasteiger charge is 2.35. The van der Waals surface area contributed by atoms with Crippen molar-refractivity contribution in [2.75, 3.05) is 11.1 Å². The monoisotopic (exact) mass is 496 g/mol. The molecule has 0 radical (unpaired) electrons.